The number of hydrogen-bond donors (Lipinski definition) is 2. The quantitative estimate of drug-likeness (QED) is 0.626. The lowest BCUT2D eigenvalue weighted by Gasteiger charge is -2.28. The van der Waals surface area contributed by atoms with E-state index in [9.17, 15) is 0 Å². The van der Waals surface area contributed by atoms with Crippen LogP contribution in [0.4, 0.5) is 0 Å². The van der Waals surface area contributed by atoms with Crippen molar-refractivity contribution in [1.29, 1.82) is 0 Å². The second-order valence-corrected chi connectivity index (χ2v) is 5.50. The highest BCUT2D eigenvalue weighted by Gasteiger charge is 2.45. The fourth-order valence-corrected chi connectivity index (χ4v) is 1.95. The van der Waals surface area contributed by atoms with Crippen molar-refractivity contribution in [2.75, 3.05) is 6.61 Å². The van der Waals surface area contributed by atoms with E-state index in [2.05, 4.69) is 0 Å². The smallest absolute Gasteiger partial charge is 0.163 e. The van der Waals surface area contributed by atoms with Gasteiger partial charge in [-0.05, 0) is 41.0 Å². The minimum Gasteiger partial charge on any atom is -0.376 e. The van der Waals surface area contributed by atoms with E-state index >= 15 is 0 Å². The molecule has 0 radical (unpaired) electrons. The highest BCUT2D eigenvalue weighted by Crippen LogP contribution is 2.34. The molecule has 3 atom stereocenters. The standard InChI is InChI=1S/C9H16O3.C3H8O2/c1-6-8-7(4-5-10-6)11-9(2,3)12-8;1-3(2,4)5/h6-8H,4-5H2,1-3H3;4-5H,1-2H3/t6-,7-,8+;/m1./s1. The number of ether oxygens (including phenoxy) is 3. The zero-order valence-electron chi connectivity index (χ0n) is 11.3. The van der Waals surface area contributed by atoms with Crippen molar-refractivity contribution in [3.63, 3.8) is 0 Å². The highest BCUT2D eigenvalue weighted by atomic mass is 16.8. The molecule has 2 saturated heterocycles. The Morgan fingerprint density at radius 3 is 2.18 bits per heavy atom. The summed E-state index contributed by atoms with van der Waals surface area (Å²) in [6, 6.07) is 0. The van der Waals surface area contributed by atoms with Crippen molar-refractivity contribution < 1.29 is 24.4 Å². The first kappa shape index (κ1) is 14.9. The number of hydrogen-bond acceptors (Lipinski definition) is 5. The molecular formula is C12H24O5. The van der Waals surface area contributed by atoms with E-state index in [1.165, 1.54) is 13.8 Å². The maximum atomic E-state index is 8.08. The second-order valence-electron chi connectivity index (χ2n) is 5.50. The first-order valence-electron chi connectivity index (χ1n) is 6.00. The average Bonchev–Trinajstić information content (AvgIpc) is 2.38. The van der Waals surface area contributed by atoms with Gasteiger partial charge in [-0.3, -0.25) is 0 Å². The minimum absolute atomic E-state index is 0.133. The first-order valence-corrected chi connectivity index (χ1v) is 6.00. The molecule has 2 aliphatic heterocycles. The van der Waals surface area contributed by atoms with Gasteiger partial charge in [-0.1, -0.05) is 0 Å². The van der Waals surface area contributed by atoms with Crippen molar-refractivity contribution in [2.24, 2.45) is 0 Å². The van der Waals surface area contributed by atoms with E-state index < -0.39 is 11.6 Å². The number of fused-ring (bicyclic) bond motifs is 1. The van der Waals surface area contributed by atoms with Crippen LogP contribution in [0.5, 0.6) is 0 Å². The Morgan fingerprint density at radius 2 is 1.71 bits per heavy atom. The summed E-state index contributed by atoms with van der Waals surface area (Å²) in [6.07, 6.45) is 1.50. The van der Waals surface area contributed by atoms with Gasteiger partial charge in [-0.15, -0.1) is 0 Å². The molecule has 0 aromatic rings. The Morgan fingerprint density at radius 1 is 1.18 bits per heavy atom. The van der Waals surface area contributed by atoms with Gasteiger partial charge < -0.3 is 24.4 Å². The lowest BCUT2D eigenvalue weighted by Crippen LogP contribution is -2.40. The van der Waals surface area contributed by atoms with Crippen LogP contribution in [-0.4, -0.2) is 46.7 Å². The maximum Gasteiger partial charge on any atom is 0.163 e. The predicted molar refractivity (Wildman–Crippen MR) is 62.4 cm³/mol. The molecule has 0 spiro atoms. The molecular weight excluding hydrogens is 224 g/mol. The summed E-state index contributed by atoms with van der Waals surface area (Å²) in [6.45, 7) is 9.35. The molecule has 5 nitrogen and oxygen atoms in total. The summed E-state index contributed by atoms with van der Waals surface area (Å²) in [5, 5.41) is 16.2. The fourth-order valence-electron chi connectivity index (χ4n) is 1.95. The Balaban J connectivity index is 0.000000249. The van der Waals surface area contributed by atoms with Crippen LogP contribution in [0.15, 0.2) is 0 Å². The lowest BCUT2D eigenvalue weighted by molar-refractivity contribution is -0.152. The third kappa shape index (κ3) is 5.31. The Hall–Kier alpha value is -0.200. The summed E-state index contributed by atoms with van der Waals surface area (Å²) in [5.74, 6) is -1.92. The minimum atomic E-state index is -1.50. The Kier molecular flexibility index (Phi) is 4.54. The fraction of sp³-hybridized carbons (Fsp3) is 1.00. The number of rotatable bonds is 0. The van der Waals surface area contributed by atoms with Gasteiger partial charge in [0.1, 0.15) is 6.10 Å². The van der Waals surface area contributed by atoms with E-state index in [4.69, 9.17) is 24.4 Å². The van der Waals surface area contributed by atoms with Crippen LogP contribution in [0.25, 0.3) is 0 Å². The molecule has 2 fully saturated rings. The van der Waals surface area contributed by atoms with E-state index in [1.807, 2.05) is 20.8 Å². The zero-order chi connectivity index (χ0) is 13.3. The third-order valence-corrected chi connectivity index (χ3v) is 2.47. The van der Waals surface area contributed by atoms with Gasteiger partial charge in [0.15, 0.2) is 11.6 Å². The monoisotopic (exact) mass is 248 g/mol. The third-order valence-electron chi connectivity index (χ3n) is 2.47. The van der Waals surface area contributed by atoms with Crippen molar-refractivity contribution in [3.8, 4) is 0 Å². The Bertz CT molecular complexity index is 240. The van der Waals surface area contributed by atoms with E-state index in [1.54, 1.807) is 0 Å². The molecule has 0 aromatic carbocycles. The summed E-state index contributed by atoms with van der Waals surface area (Å²) < 4.78 is 16.9. The molecule has 17 heavy (non-hydrogen) atoms. The van der Waals surface area contributed by atoms with Gasteiger partial charge in [0.25, 0.3) is 0 Å². The number of aliphatic hydroxyl groups is 2. The van der Waals surface area contributed by atoms with Crippen molar-refractivity contribution in [2.45, 2.75) is 70.9 Å². The van der Waals surface area contributed by atoms with Gasteiger partial charge in [-0.2, -0.15) is 0 Å². The van der Waals surface area contributed by atoms with Gasteiger partial charge in [0.05, 0.1) is 12.2 Å². The van der Waals surface area contributed by atoms with Gasteiger partial charge in [-0.25, -0.2) is 0 Å². The molecule has 0 saturated carbocycles. The first-order chi connectivity index (χ1) is 7.58. The summed E-state index contributed by atoms with van der Waals surface area (Å²) >= 11 is 0. The second kappa shape index (κ2) is 5.20. The molecule has 0 aromatic heterocycles. The lowest BCUT2D eigenvalue weighted by atomic mass is 10.0. The van der Waals surface area contributed by atoms with E-state index in [0.29, 0.717) is 0 Å². The molecule has 2 rings (SSSR count). The van der Waals surface area contributed by atoms with E-state index in [-0.39, 0.29) is 18.3 Å². The molecule has 102 valence electrons. The van der Waals surface area contributed by atoms with Crippen LogP contribution >= 0.6 is 0 Å². The topological polar surface area (TPSA) is 68.2 Å². The molecule has 5 heteroatoms. The van der Waals surface area contributed by atoms with E-state index in [0.717, 1.165) is 13.0 Å². The molecule has 2 aliphatic rings. The largest absolute Gasteiger partial charge is 0.376 e. The molecule has 0 amide bonds. The van der Waals surface area contributed by atoms with Gasteiger partial charge in [0.2, 0.25) is 0 Å². The molecule has 2 heterocycles. The molecule has 0 bridgehead atoms. The summed E-state index contributed by atoms with van der Waals surface area (Å²) in [4.78, 5) is 0. The maximum absolute atomic E-state index is 8.08. The Labute approximate surface area is 103 Å². The normalized spacial score (nSPS) is 35.8. The van der Waals surface area contributed by atoms with Crippen molar-refractivity contribution >= 4 is 0 Å². The predicted octanol–water partition coefficient (Wildman–Crippen LogP) is 1.02. The van der Waals surface area contributed by atoms with Gasteiger partial charge in [0, 0.05) is 6.61 Å². The molecule has 0 aliphatic carbocycles. The van der Waals surface area contributed by atoms with Crippen LogP contribution in [0, 0.1) is 0 Å². The molecule has 0 unspecified atom stereocenters. The summed E-state index contributed by atoms with van der Waals surface area (Å²) in [5.41, 5.74) is 0. The van der Waals surface area contributed by atoms with Crippen LogP contribution in [-0.2, 0) is 14.2 Å². The van der Waals surface area contributed by atoms with Crippen LogP contribution in [0.1, 0.15) is 41.0 Å². The average molecular weight is 248 g/mol. The van der Waals surface area contributed by atoms with Crippen LogP contribution in [0.3, 0.4) is 0 Å². The van der Waals surface area contributed by atoms with Crippen LogP contribution in [0.2, 0.25) is 0 Å². The zero-order valence-corrected chi connectivity index (χ0v) is 11.3. The highest BCUT2D eigenvalue weighted by molar-refractivity contribution is 4.88. The SMILES string of the molecule is CC(C)(O)O.C[C@H]1OCC[C@H]2OC(C)(C)O[C@@H]12. The van der Waals surface area contributed by atoms with Gasteiger partial charge >= 0.3 is 0 Å². The van der Waals surface area contributed by atoms with Crippen LogP contribution < -0.4 is 0 Å². The molecule has 2 N–H and O–H groups in total. The summed E-state index contributed by atoms with van der Waals surface area (Å²) in [7, 11) is 0. The van der Waals surface area contributed by atoms with Crippen molar-refractivity contribution in [3.05, 3.63) is 0 Å². The van der Waals surface area contributed by atoms with Crippen molar-refractivity contribution in [1.82, 2.24) is 0 Å².